The van der Waals surface area contributed by atoms with Gasteiger partial charge in [0, 0.05) is 0 Å². The van der Waals surface area contributed by atoms with Gasteiger partial charge in [0.05, 0.1) is 51.8 Å². The van der Waals surface area contributed by atoms with Gasteiger partial charge in [0.1, 0.15) is 0 Å². The molecule has 0 fully saturated rings. The molecule has 0 aliphatic carbocycles. The second-order valence-electron chi connectivity index (χ2n) is 3.86. The van der Waals surface area contributed by atoms with Gasteiger partial charge in [-0.3, -0.25) is 0 Å². The lowest BCUT2D eigenvalue weighted by atomic mass is 10.2. The van der Waals surface area contributed by atoms with Crippen LogP contribution < -0.4 is 0 Å². The summed E-state index contributed by atoms with van der Waals surface area (Å²) in [5, 5.41) is 53.8. The zero-order valence-corrected chi connectivity index (χ0v) is 10.6. The molecule has 19 heavy (non-hydrogen) atoms. The zero-order chi connectivity index (χ0) is 14.7. The number of rotatable bonds is 10. The molecule has 0 aromatic rings. The maximum Gasteiger partial charge on any atom is 0.1000 e. The Kier molecular flexibility index (Phi) is 10.6. The van der Waals surface area contributed by atoms with Crippen molar-refractivity contribution < 1.29 is 35.4 Å². The van der Waals surface area contributed by atoms with Crippen LogP contribution in [-0.2, 0) is 4.74 Å². The van der Waals surface area contributed by atoms with Gasteiger partial charge in [-0.25, -0.2) is 0 Å². The third-order valence-electron chi connectivity index (χ3n) is 2.37. The first kappa shape index (κ1) is 18.2. The van der Waals surface area contributed by atoms with Crippen molar-refractivity contribution in [2.45, 2.75) is 12.2 Å². The van der Waals surface area contributed by atoms with Crippen molar-refractivity contribution in [3.8, 4) is 0 Å². The largest absolute Gasteiger partial charge is 0.393 e. The first-order valence-corrected chi connectivity index (χ1v) is 5.84. The third-order valence-corrected chi connectivity index (χ3v) is 2.37. The fourth-order valence-corrected chi connectivity index (χ4v) is 1.33. The van der Waals surface area contributed by atoms with E-state index in [2.05, 4.69) is 0 Å². The van der Waals surface area contributed by atoms with Gasteiger partial charge in [-0.15, -0.1) is 0 Å². The van der Waals surface area contributed by atoms with Gasteiger partial charge >= 0.3 is 0 Å². The van der Waals surface area contributed by atoms with E-state index in [1.54, 1.807) is 0 Å². The molecule has 6 N–H and O–H groups in total. The molecule has 2 atom stereocenters. The van der Waals surface area contributed by atoms with Gasteiger partial charge in [-0.1, -0.05) is 0 Å². The Bertz CT molecular complexity index is 248. The molecule has 0 aliphatic heterocycles. The van der Waals surface area contributed by atoms with Crippen molar-refractivity contribution in [3.63, 3.8) is 0 Å². The molecule has 0 bridgehead atoms. The Morgan fingerprint density at radius 3 is 1.21 bits per heavy atom. The van der Waals surface area contributed by atoms with Gasteiger partial charge < -0.3 is 35.4 Å². The van der Waals surface area contributed by atoms with E-state index in [4.69, 9.17) is 35.4 Å². The average Bonchev–Trinajstić information content (AvgIpc) is 2.46. The van der Waals surface area contributed by atoms with Crippen molar-refractivity contribution in [2.24, 2.45) is 0 Å². The van der Waals surface area contributed by atoms with Crippen molar-refractivity contribution in [1.29, 1.82) is 0 Å². The highest BCUT2D eigenvalue weighted by molar-refractivity contribution is 5.08. The molecule has 112 valence electrons. The van der Waals surface area contributed by atoms with E-state index in [9.17, 15) is 0 Å². The van der Waals surface area contributed by atoms with Crippen LogP contribution in [0.5, 0.6) is 0 Å². The molecule has 0 rings (SSSR count). The van der Waals surface area contributed by atoms with Gasteiger partial charge in [0.25, 0.3) is 0 Å². The van der Waals surface area contributed by atoms with Crippen LogP contribution in [0.1, 0.15) is 0 Å². The molecule has 0 aromatic carbocycles. The molecule has 0 saturated heterocycles. The molecule has 0 saturated carbocycles. The summed E-state index contributed by atoms with van der Waals surface area (Å²) >= 11 is 0. The van der Waals surface area contributed by atoms with Crippen molar-refractivity contribution in [2.75, 3.05) is 39.6 Å². The minimum absolute atomic E-state index is 0.282. The maximum atomic E-state index is 9.12. The van der Waals surface area contributed by atoms with Crippen LogP contribution in [-0.4, -0.2) is 82.5 Å². The van der Waals surface area contributed by atoms with E-state index in [0.29, 0.717) is 0 Å². The minimum Gasteiger partial charge on any atom is -0.393 e. The van der Waals surface area contributed by atoms with Crippen LogP contribution in [0, 0.1) is 0 Å². The van der Waals surface area contributed by atoms with Crippen LogP contribution in [0.4, 0.5) is 0 Å². The summed E-state index contributed by atoms with van der Waals surface area (Å²) < 4.78 is 5.32. The number of ether oxygens (including phenoxy) is 1. The summed E-state index contributed by atoms with van der Waals surface area (Å²) in [4.78, 5) is 0. The molecule has 2 unspecified atom stereocenters. The molecule has 0 aliphatic rings. The lowest BCUT2D eigenvalue weighted by Crippen LogP contribution is -2.26. The highest BCUT2D eigenvalue weighted by Crippen LogP contribution is 2.07. The monoisotopic (exact) mass is 278 g/mol. The van der Waals surface area contributed by atoms with Crippen LogP contribution >= 0.6 is 0 Å². The lowest BCUT2D eigenvalue weighted by Gasteiger charge is -2.19. The summed E-state index contributed by atoms with van der Waals surface area (Å²) in [7, 11) is 0. The number of aliphatic hydroxyl groups is 6. The number of hydrogen-bond donors (Lipinski definition) is 6. The molecule has 0 heterocycles. The Morgan fingerprint density at radius 2 is 1.00 bits per heavy atom. The van der Waals surface area contributed by atoms with Crippen LogP contribution in [0.3, 0.4) is 0 Å². The Hall–Kier alpha value is -0.800. The van der Waals surface area contributed by atoms with Gasteiger partial charge in [0.2, 0.25) is 0 Å². The van der Waals surface area contributed by atoms with Crippen LogP contribution in [0.15, 0.2) is 23.3 Å². The fourth-order valence-electron chi connectivity index (χ4n) is 1.33. The summed E-state index contributed by atoms with van der Waals surface area (Å²) in [6, 6.07) is 0. The van der Waals surface area contributed by atoms with Crippen LogP contribution in [0.2, 0.25) is 0 Å². The van der Waals surface area contributed by atoms with E-state index in [1.165, 1.54) is 12.2 Å². The third kappa shape index (κ3) is 7.38. The Balaban J connectivity index is 4.73. The average molecular weight is 278 g/mol. The molecule has 0 radical (unpaired) electrons. The van der Waals surface area contributed by atoms with Gasteiger partial charge in [0.15, 0.2) is 0 Å². The van der Waals surface area contributed by atoms with Crippen molar-refractivity contribution in [1.82, 2.24) is 0 Å². The van der Waals surface area contributed by atoms with Crippen molar-refractivity contribution in [3.05, 3.63) is 23.3 Å². The first-order chi connectivity index (χ1) is 9.14. The smallest absolute Gasteiger partial charge is 0.1000 e. The Morgan fingerprint density at radius 1 is 0.684 bits per heavy atom. The summed E-state index contributed by atoms with van der Waals surface area (Å²) in [6.45, 7) is -2.27. The van der Waals surface area contributed by atoms with Gasteiger partial charge in [-0.05, 0) is 23.3 Å². The van der Waals surface area contributed by atoms with E-state index >= 15 is 0 Å². The number of hydrogen-bond acceptors (Lipinski definition) is 7. The SMILES string of the molecule is OCC(=CC(CO)OC(C=C(CO)CO)CO)CO. The normalized spacial score (nSPS) is 13.8. The predicted molar refractivity (Wildman–Crippen MR) is 67.3 cm³/mol. The highest BCUT2D eigenvalue weighted by atomic mass is 16.5. The molecule has 0 amide bonds. The molecular formula is C12H22O7. The molecular weight excluding hydrogens is 256 g/mol. The lowest BCUT2D eigenvalue weighted by molar-refractivity contribution is -0.0167. The van der Waals surface area contributed by atoms with Crippen molar-refractivity contribution >= 4 is 0 Å². The van der Waals surface area contributed by atoms with Crippen LogP contribution in [0.25, 0.3) is 0 Å². The topological polar surface area (TPSA) is 131 Å². The highest BCUT2D eigenvalue weighted by Gasteiger charge is 2.13. The van der Waals surface area contributed by atoms with E-state index in [0.717, 1.165) is 0 Å². The fraction of sp³-hybridized carbons (Fsp3) is 0.667. The molecule has 0 spiro atoms. The molecule has 7 nitrogen and oxygen atoms in total. The van der Waals surface area contributed by atoms with Gasteiger partial charge in [-0.2, -0.15) is 0 Å². The Labute approximate surface area is 111 Å². The summed E-state index contributed by atoms with van der Waals surface area (Å²) in [6.07, 6.45) is 1.07. The predicted octanol–water partition coefficient (Wildman–Crippen LogP) is -2.45. The second kappa shape index (κ2) is 11.1. The minimum atomic E-state index is -0.818. The summed E-state index contributed by atoms with van der Waals surface area (Å²) in [5.41, 5.74) is 0.563. The van der Waals surface area contributed by atoms with E-state index in [1.807, 2.05) is 0 Å². The number of aliphatic hydroxyl groups excluding tert-OH is 6. The summed E-state index contributed by atoms with van der Waals surface area (Å²) in [5.74, 6) is 0. The molecule has 7 heteroatoms. The maximum absolute atomic E-state index is 9.12. The van der Waals surface area contributed by atoms with E-state index < -0.39 is 25.4 Å². The zero-order valence-electron chi connectivity index (χ0n) is 10.6. The quantitative estimate of drug-likeness (QED) is 0.244. The first-order valence-electron chi connectivity index (χ1n) is 5.84. The second-order valence-corrected chi connectivity index (χ2v) is 3.86. The standard InChI is InChI=1S/C12H22O7/c13-3-9(4-14)1-11(7-17)19-12(8-18)2-10(5-15)6-16/h1-2,11-18H,3-8H2. The van der Waals surface area contributed by atoms with E-state index in [-0.39, 0.29) is 37.6 Å². The molecule has 0 aromatic heterocycles.